The van der Waals surface area contributed by atoms with E-state index in [-0.39, 0.29) is 11.8 Å². The zero-order valence-electron chi connectivity index (χ0n) is 12.7. The van der Waals surface area contributed by atoms with Crippen LogP contribution in [0.1, 0.15) is 44.6 Å². The van der Waals surface area contributed by atoms with Crippen LogP contribution in [0.25, 0.3) is 0 Å². The molecule has 114 valence electrons. The van der Waals surface area contributed by atoms with Gasteiger partial charge in [0.15, 0.2) is 0 Å². The van der Waals surface area contributed by atoms with E-state index in [1.807, 2.05) is 30.3 Å². The van der Waals surface area contributed by atoms with Crippen LogP contribution in [0.3, 0.4) is 0 Å². The summed E-state index contributed by atoms with van der Waals surface area (Å²) in [7, 11) is 0. The van der Waals surface area contributed by atoms with Gasteiger partial charge in [-0.15, -0.1) is 0 Å². The predicted octanol–water partition coefficient (Wildman–Crippen LogP) is 2.89. The highest BCUT2D eigenvalue weighted by molar-refractivity contribution is 5.85. The predicted molar refractivity (Wildman–Crippen MR) is 81.0 cm³/mol. The molecule has 21 heavy (non-hydrogen) atoms. The van der Waals surface area contributed by atoms with Crippen LogP contribution in [0.5, 0.6) is 0 Å². The van der Waals surface area contributed by atoms with Gasteiger partial charge in [-0.25, -0.2) is 0 Å². The van der Waals surface area contributed by atoms with Crippen molar-refractivity contribution in [3.63, 3.8) is 0 Å². The van der Waals surface area contributed by atoms with Gasteiger partial charge in [-0.3, -0.25) is 9.59 Å². The Hall–Kier alpha value is -1.84. The number of carboxylic acid groups (broad SMARTS) is 1. The van der Waals surface area contributed by atoms with E-state index in [9.17, 15) is 14.7 Å². The Morgan fingerprint density at radius 2 is 2.00 bits per heavy atom. The second-order valence-electron chi connectivity index (χ2n) is 6.13. The SMILES string of the molecule is CCC[C@H](C(=O)N1CC[C@](C)(C(=O)O)C1)c1ccccc1. The third-order valence-electron chi connectivity index (χ3n) is 4.38. The highest BCUT2D eigenvalue weighted by Crippen LogP contribution is 2.33. The lowest BCUT2D eigenvalue weighted by Crippen LogP contribution is -2.37. The molecule has 2 rings (SSSR count). The van der Waals surface area contributed by atoms with Gasteiger partial charge >= 0.3 is 5.97 Å². The van der Waals surface area contributed by atoms with Crippen molar-refractivity contribution >= 4 is 11.9 Å². The summed E-state index contributed by atoms with van der Waals surface area (Å²) >= 11 is 0. The van der Waals surface area contributed by atoms with Crippen molar-refractivity contribution in [3.05, 3.63) is 35.9 Å². The molecule has 1 aromatic rings. The molecule has 1 N–H and O–H groups in total. The smallest absolute Gasteiger partial charge is 0.311 e. The molecule has 1 saturated heterocycles. The number of carboxylic acids is 1. The van der Waals surface area contributed by atoms with Crippen LogP contribution in [-0.2, 0) is 9.59 Å². The Labute approximate surface area is 125 Å². The third-order valence-corrected chi connectivity index (χ3v) is 4.38. The van der Waals surface area contributed by atoms with Gasteiger partial charge in [-0.05, 0) is 25.3 Å². The Morgan fingerprint density at radius 1 is 1.33 bits per heavy atom. The van der Waals surface area contributed by atoms with Gasteiger partial charge in [0.25, 0.3) is 0 Å². The maximum absolute atomic E-state index is 12.8. The van der Waals surface area contributed by atoms with Crippen molar-refractivity contribution in [2.24, 2.45) is 5.41 Å². The van der Waals surface area contributed by atoms with Gasteiger partial charge in [0, 0.05) is 13.1 Å². The minimum atomic E-state index is -0.815. The molecule has 0 unspecified atom stereocenters. The van der Waals surface area contributed by atoms with Crippen molar-refractivity contribution in [1.29, 1.82) is 0 Å². The average Bonchev–Trinajstić information content (AvgIpc) is 2.89. The zero-order valence-corrected chi connectivity index (χ0v) is 12.7. The van der Waals surface area contributed by atoms with E-state index in [4.69, 9.17) is 0 Å². The Bertz CT molecular complexity index is 514. The van der Waals surface area contributed by atoms with Crippen LogP contribution in [-0.4, -0.2) is 35.0 Å². The van der Waals surface area contributed by atoms with E-state index in [1.54, 1.807) is 11.8 Å². The number of hydrogen-bond donors (Lipinski definition) is 1. The summed E-state index contributed by atoms with van der Waals surface area (Å²) in [5.41, 5.74) is 0.219. The quantitative estimate of drug-likeness (QED) is 0.906. The summed E-state index contributed by atoms with van der Waals surface area (Å²) in [5.74, 6) is -0.912. The van der Waals surface area contributed by atoms with Crippen molar-refractivity contribution < 1.29 is 14.7 Å². The molecule has 0 spiro atoms. The first kappa shape index (κ1) is 15.5. The highest BCUT2D eigenvalue weighted by Gasteiger charge is 2.43. The van der Waals surface area contributed by atoms with E-state index in [0.29, 0.717) is 19.5 Å². The van der Waals surface area contributed by atoms with Gasteiger partial charge < -0.3 is 10.0 Å². The number of rotatable bonds is 5. The second kappa shape index (κ2) is 6.29. The Morgan fingerprint density at radius 3 is 2.52 bits per heavy atom. The molecule has 4 nitrogen and oxygen atoms in total. The minimum Gasteiger partial charge on any atom is -0.481 e. The maximum atomic E-state index is 12.8. The van der Waals surface area contributed by atoms with E-state index >= 15 is 0 Å². The number of likely N-dealkylation sites (tertiary alicyclic amines) is 1. The van der Waals surface area contributed by atoms with Gasteiger partial charge in [0.05, 0.1) is 11.3 Å². The molecule has 1 aliphatic heterocycles. The van der Waals surface area contributed by atoms with Crippen LogP contribution < -0.4 is 0 Å². The van der Waals surface area contributed by atoms with E-state index in [1.165, 1.54) is 0 Å². The van der Waals surface area contributed by atoms with Crippen LogP contribution in [0.2, 0.25) is 0 Å². The number of carbonyl (C=O) groups is 2. The molecule has 0 aliphatic carbocycles. The molecule has 1 aromatic carbocycles. The lowest BCUT2D eigenvalue weighted by molar-refractivity contribution is -0.147. The standard InChI is InChI=1S/C17H23NO3/c1-3-7-14(13-8-5-4-6-9-13)15(19)18-11-10-17(2,12-18)16(20)21/h4-6,8-9,14H,3,7,10-12H2,1-2H3,(H,20,21)/t14-,17-/m0/s1. The molecule has 1 heterocycles. The summed E-state index contributed by atoms with van der Waals surface area (Å²) in [4.78, 5) is 25.8. The van der Waals surface area contributed by atoms with Gasteiger partial charge in [0.2, 0.25) is 5.91 Å². The van der Waals surface area contributed by atoms with Crippen molar-refractivity contribution in [1.82, 2.24) is 4.90 Å². The number of benzene rings is 1. The van der Waals surface area contributed by atoms with Crippen LogP contribution in [0.4, 0.5) is 0 Å². The topological polar surface area (TPSA) is 57.6 Å². The van der Waals surface area contributed by atoms with Crippen LogP contribution in [0, 0.1) is 5.41 Å². The summed E-state index contributed by atoms with van der Waals surface area (Å²) in [6.07, 6.45) is 2.25. The summed E-state index contributed by atoms with van der Waals surface area (Å²) in [6, 6.07) is 9.77. The van der Waals surface area contributed by atoms with Gasteiger partial charge in [0.1, 0.15) is 0 Å². The van der Waals surface area contributed by atoms with E-state index in [2.05, 4.69) is 6.92 Å². The molecule has 0 saturated carbocycles. The molecule has 1 amide bonds. The average molecular weight is 289 g/mol. The molecule has 1 fully saturated rings. The molecular weight excluding hydrogens is 266 g/mol. The number of amides is 1. The first-order valence-electron chi connectivity index (χ1n) is 7.55. The highest BCUT2D eigenvalue weighted by atomic mass is 16.4. The second-order valence-corrected chi connectivity index (χ2v) is 6.13. The lowest BCUT2D eigenvalue weighted by Gasteiger charge is -2.25. The molecule has 1 aliphatic rings. The number of nitrogens with zero attached hydrogens (tertiary/aromatic N) is 1. The fourth-order valence-corrected chi connectivity index (χ4v) is 2.95. The molecule has 0 aromatic heterocycles. The lowest BCUT2D eigenvalue weighted by atomic mass is 9.90. The summed E-state index contributed by atoms with van der Waals surface area (Å²) in [6.45, 7) is 4.64. The Balaban J connectivity index is 2.15. The van der Waals surface area contributed by atoms with Gasteiger partial charge in [-0.1, -0.05) is 43.7 Å². The van der Waals surface area contributed by atoms with Crippen molar-refractivity contribution in [2.75, 3.05) is 13.1 Å². The number of hydrogen-bond acceptors (Lipinski definition) is 2. The van der Waals surface area contributed by atoms with Gasteiger partial charge in [-0.2, -0.15) is 0 Å². The van der Waals surface area contributed by atoms with Crippen molar-refractivity contribution in [2.45, 2.75) is 39.0 Å². The number of aliphatic carboxylic acids is 1. The zero-order chi connectivity index (χ0) is 15.5. The monoisotopic (exact) mass is 289 g/mol. The third kappa shape index (κ3) is 3.26. The van der Waals surface area contributed by atoms with Crippen molar-refractivity contribution in [3.8, 4) is 0 Å². The maximum Gasteiger partial charge on any atom is 0.311 e. The fraction of sp³-hybridized carbons (Fsp3) is 0.529. The molecule has 2 atom stereocenters. The van der Waals surface area contributed by atoms with Crippen LogP contribution >= 0.6 is 0 Å². The summed E-state index contributed by atoms with van der Waals surface area (Å²) in [5, 5.41) is 9.29. The Kier molecular flexibility index (Phi) is 4.66. The first-order chi connectivity index (χ1) is 9.98. The fourth-order valence-electron chi connectivity index (χ4n) is 2.95. The molecular formula is C17H23NO3. The van der Waals surface area contributed by atoms with E-state index in [0.717, 1.165) is 18.4 Å². The van der Waals surface area contributed by atoms with Crippen LogP contribution in [0.15, 0.2) is 30.3 Å². The number of carbonyl (C=O) groups excluding carboxylic acids is 1. The first-order valence-corrected chi connectivity index (χ1v) is 7.55. The molecule has 4 heteroatoms. The molecule has 0 radical (unpaired) electrons. The summed E-state index contributed by atoms with van der Waals surface area (Å²) < 4.78 is 0. The minimum absolute atomic E-state index is 0.0630. The normalized spacial score (nSPS) is 23.0. The molecule has 0 bridgehead atoms. The largest absolute Gasteiger partial charge is 0.481 e. The van der Waals surface area contributed by atoms with E-state index < -0.39 is 11.4 Å².